The van der Waals surface area contributed by atoms with Crippen molar-refractivity contribution >= 4 is 0 Å². The Bertz CT molecular complexity index is 837. The zero-order valence-corrected chi connectivity index (χ0v) is 14.1. The highest BCUT2D eigenvalue weighted by Crippen LogP contribution is 2.22. The smallest absolute Gasteiger partial charge is 0.127 e. The number of hydrogen-bond donors (Lipinski definition) is 1. The number of nitrogens with one attached hydrogen (secondary N) is 1. The molecule has 0 amide bonds. The summed E-state index contributed by atoms with van der Waals surface area (Å²) in [5, 5.41) is 7.87. The second kappa shape index (κ2) is 6.78. The van der Waals surface area contributed by atoms with Gasteiger partial charge < -0.3 is 9.88 Å². The second-order valence-electron chi connectivity index (χ2n) is 6.36. The van der Waals surface area contributed by atoms with E-state index in [-0.39, 0.29) is 11.9 Å². The number of aromatic nitrogens is 4. The summed E-state index contributed by atoms with van der Waals surface area (Å²) in [4.78, 5) is 6.94. The second-order valence-corrected chi connectivity index (χ2v) is 6.36. The fraction of sp³-hybridized carbons (Fsp3) is 0.333. The van der Waals surface area contributed by atoms with Crippen LogP contribution in [0.1, 0.15) is 17.4 Å². The van der Waals surface area contributed by atoms with Crippen LogP contribution in [0.15, 0.2) is 49.1 Å². The molecule has 1 aliphatic rings. The van der Waals surface area contributed by atoms with Crippen molar-refractivity contribution in [2.75, 3.05) is 19.6 Å². The minimum Gasteiger partial charge on any atom is -0.337 e. The first-order chi connectivity index (χ1) is 12.2. The van der Waals surface area contributed by atoms with Crippen LogP contribution in [0.4, 0.5) is 4.39 Å². The van der Waals surface area contributed by atoms with E-state index in [1.165, 1.54) is 12.1 Å². The topological polar surface area (TPSA) is 50.9 Å². The largest absolute Gasteiger partial charge is 0.337 e. The van der Waals surface area contributed by atoms with Crippen LogP contribution in [0.3, 0.4) is 0 Å². The molecule has 1 atom stereocenters. The number of rotatable bonds is 4. The fourth-order valence-electron chi connectivity index (χ4n) is 3.30. The first-order valence-corrected chi connectivity index (χ1v) is 8.42. The van der Waals surface area contributed by atoms with E-state index >= 15 is 0 Å². The van der Waals surface area contributed by atoms with E-state index in [9.17, 15) is 4.39 Å². The predicted molar refractivity (Wildman–Crippen MR) is 92.8 cm³/mol. The van der Waals surface area contributed by atoms with Crippen molar-refractivity contribution < 1.29 is 4.39 Å². The minimum atomic E-state index is -0.241. The van der Waals surface area contributed by atoms with Gasteiger partial charge in [-0.2, -0.15) is 5.10 Å². The highest BCUT2D eigenvalue weighted by Gasteiger charge is 2.27. The molecule has 1 aliphatic heterocycles. The van der Waals surface area contributed by atoms with E-state index in [1.807, 2.05) is 31.8 Å². The van der Waals surface area contributed by atoms with Gasteiger partial charge in [-0.25, -0.2) is 14.1 Å². The lowest BCUT2D eigenvalue weighted by Crippen LogP contribution is -2.46. The monoisotopic (exact) mass is 340 g/mol. The number of hydrogen-bond acceptors (Lipinski definition) is 4. The summed E-state index contributed by atoms with van der Waals surface area (Å²) in [6, 6.07) is 6.60. The molecular formula is C18H21FN6. The Morgan fingerprint density at radius 1 is 1.28 bits per heavy atom. The van der Waals surface area contributed by atoms with Crippen molar-refractivity contribution in [2.24, 2.45) is 7.05 Å². The maximum atomic E-state index is 13.1. The molecule has 25 heavy (non-hydrogen) atoms. The summed E-state index contributed by atoms with van der Waals surface area (Å²) >= 11 is 0. The highest BCUT2D eigenvalue weighted by atomic mass is 19.1. The third-order valence-electron chi connectivity index (χ3n) is 4.62. The first kappa shape index (κ1) is 16.0. The molecule has 0 bridgehead atoms. The zero-order valence-electron chi connectivity index (χ0n) is 14.1. The first-order valence-electron chi connectivity index (χ1n) is 8.42. The molecule has 3 heterocycles. The van der Waals surface area contributed by atoms with E-state index in [2.05, 4.69) is 24.9 Å². The van der Waals surface area contributed by atoms with Crippen LogP contribution in [-0.2, 0) is 13.6 Å². The van der Waals surface area contributed by atoms with Gasteiger partial charge in [0, 0.05) is 57.4 Å². The Labute approximate surface area is 145 Å². The summed E-state index contributed by atoms with van der Waals surface area (Å²) in [5.41, 5.74) is 1.99. The van der Waals surface area contributed by atoms with Gasteiger partial charge >= 0.3 is 0 Å². The number of piperazine rings is 1. The lowest BCUT2D eigenvalue weighted by Gasteiger charge is -2.35. The molecule has 0 aliphatic carbocycles. The number of benzene rings is 1. The van der Waals surface area contributed by atoms with Crippen molar-refractivity contribution in [3.63, 3.8) is 0 Å². The van der Waals surface area contributed by atoms with Crippen molar-refractivity contribution in [3.05, 3.63) is 66.3 Å². The van der Waals surface area contributed by atoms with Gasteiger partial charge in [-0.1, -0.05) is 0 Å². The third kappa shape index (κ3) is 3.33. The Morgan fingerprint density at radius 3 is 2.88 bits per heavy atom. The van der Waals surface area contributed by atoms with Crippen LogP contribution in [0.2, 0.25) is 0 Å². The summed E-state index contributed by atoms with van der Waals surface area (Å²) in [6.07, 6.45) is 7.70. The summed E-state index contributed by atoms with van der Waals surface area (Å²) < 4.78 is 16.9. The minimum absolute atomic E-state index is 0.239. The van der Waals surface area contributed by atoms with E-state index in [0.29, 0.717) is 0 Å². The van der Waals surface area contributed by atoms with E-state index < -0.39 is 0 Å². The quantitative estimate of drug-likeness (QED) is 0.788. The van der Waals surface area contributed by atoms with E-state index in [4.69, 9.17) is 0 Å². The standard InChI is InChI=1S/C18H21FN6/c1-23-8-7-21-18(23)17-11-20-6-9-24(17)12-14-10-22-25(13-14)16-4-2-15(19)3-5-16/h2-5,7-8,10,13,17,20H,6,9,11-12H2,1H3. The summed E-state index contributed by atoms with van der Waals surface area (Å²) in [7, 11) is 2.03. The van der Waals surface area contributed by atoms with Gasteiger partial charge in [0.1, 0.15) is 11.6 Å². The molecule has 1 saturated heterocycles. The Morgan fingerprint density at radius 2 is 2.12 bits per heavy atom. The number of imidazole rings is 1. The fourth-order valence-corrected chi connectivity index (χ4v) is 3.30. The molecule has 0 spiro atoms. The number of nitrogens with zero attached hydrogens (tertiary/aromatic N) is 5. The molecule has 1 N–H and O–H groups in total. The van der Waals surface area contributed by atoms with Crippen molar-refractivity contribution in [1.82, 2.24) is 29.5 Å². The Balaban J connectivity index is 1.52. The van der Waals surface area contributed by atoms with Gasteiger partial charge in [0.2, 0.25) is 0 Å². The molecular weight excluding hydrogens is 319 g/mol. The average molecular weight is 340 g/mol. The van der Waals surface area contributed by atoms with E-state index in [0.717, 1.165) is 43.3 Å². The number of halogens is 1. The van der Waals surface area contributed by atoms with Crippen LogP contribution in [0, 0.1) is 5.82 Å². The molecule has 0 saturated carbocycles. The maximum absolute atomic E-state index is 13.1. The summed E-state index contributed by atoms with van der Waals surface area (Å²) in [6.45, 7) is 3.61. The summed E-state index contributed by atoms with van der Waals surface area (Å²) in [5.74, 6) is 0.827. The van der Waals surface area contributed by atoms with E-state index in [1.54, 1.807) is 16.8 Å². The van der Waals surface area contributed by atoms with Gasteiger partial charge in [0.05, 0.1) is 17.9 Å². The van der Waals surface area contributed by atoms with Crippen LogP contribution >= 0.6 is 0 Å². The number of aryl methyl sites for hydroxylation is 1. The van der Waals surface area contributed by atoms with Crippen LogP contribution < -0.4 is 5.32 Å². The molecule has 4 rings (SSSR count). The molecule has 130 valence electrons. The molecule has 7 heteroatoms. The molecule has 2 aromatic heterocycles. The molecule has 0 radical (unpaired) electrons. The Kier molecular flexibility index (Phi) is 4.33. The SMILES string of the molecule is Cn1ccnc1C1CNCCN1Cc1cnn(-c2ccc(F)cc2)c1. The molecule has 1 unspecified atom stereocenters. The highest BCUT2D eigenvalue weighted by molar-refractivity contribution is 5.31. The van der Waals surface area contributed by atoms with Crippen LogP contribution in [0.25, 0.3) is 5.69 Å². The van der Waals surface area contributed by atoms with Crippen molar-refractivity contribution in [1.29, 1.82) is 0 Å². The van der Waals surface area contributed by atoms with Gasteiger partial charge in [-0.15, -0.1) is 0 Å². The van der Waals surface area contributed by atoms with Gasteiger partial charge in [-0.3, -0.25) is 4.90 Å². The van der Waals surface area contributed by atoms with Gasteiger partial charge in [-0.05, 0) is 24.3 Å². The van der Waals surface area contributed by atoms with Gasteiger partial charge in [0.25, 0.3) is 0 Å². The lowest BCUT2D eigenvalue weighted by molar-refractivity contribution is 0.144. The average Bonchev–Trinajstić information content (AvgIpc) is 3.25. The zero-order chi connectivity index (χ0) is 17.2. The van der Waals surface area contributed by atoms with Crippen LogP contribution in [0.5, 0.6) is 0 Å². The molecule has 1 aromatic carbocycles. The normalized spacial score (nSPS) is 18.6. The predicted octanol–water partition coefficient (Wildman–Crippen LogP) is 1.89. The third-order valence-corrected chi connectivity index (χ3v) is 4.62. The van der Waals surface area contributed by atoms with Crippen LogP contribution in [-0.4, -0.2) is 43.9 Å². The lowest BCUT2D eigenvalue weighted by atomic mass is 10.1. The Hall–Kier alpha value is -2.51. The molecule has 3 aromatic rings. The maximum Gasteiger partial charge on any atom is 0.127 e. The van der Waals surface area contributed by atoms with Gasteiger partial charge in [0.15, 0.2) is 0 Å². The van der Waals surface area contributed by atoms with Crippen molar-refractivity contribution in [3.8, 4) is 5.69 Å². The molecule has 6 nitrogen and oxygen atoms in total. The molecule has 1 fully saturated rings. The van der Waals surface area contributed by atoms with Crippen molar-refractivity contribution in [2.45, 2.75) is 12.6 Å².